The molecule has 7 nitrogen and oxygen atoms in total. The molecule has 7 heteroatoms. The Bertz CT molecular complexity index is 557. The van der Waals surface area contributed by atoms with Gasteiger partial charge >= 0.3 is 6.03 Å². The number of likely N-dealkylation sites (tertiary alicyclic amines) is 1. The molecule has 1 saturated heterocycles. The van der Waals surface area contributed by atoms with Crippen molar-refractivity contribution in [3.8, 4) is 0 Å². The van der Waals surface area contributed by atoms with Gasteiger partial charge in [-0.25, -0.2) is 9.78 Å². The molecule has 2 rings (SSSR count). The minimum atomic E-state index is -0.455. The zero-order chi connectivity index (χ0) is 17.5. The number of nitrogens with zero attached hydrogens (tertiary/aromatic N) is 3. The van der Waals surface area contributed by atoms with Gasteiger partial charge in [-0.2, -0.15) is 0 Å². The van der Waals surface area contributed by atoms with Crippen molar-refractivity contribution in [1.29, 1.82) is 0 Å². The van der Waals surface area contributed by atoms with Crippen LogP contribution in [0.15, 0.2) is 18.3 Å². The summed E-state index contributed by atoms with van der Waals surface area (Å²) in [5.74, 6) is 0.724. The standard InChI is InChI=1S/C17H27N5O2/c1-3-21(4-2)15-8-7-13(10-19-15)11-20-16(23)14-6-5-9-22(12-14)17(18)24/h7-8,10,14H,3-6,9,11-12H2,1-2H3,(H2,18,24)(H,20,23). The first-order chi connectivity index (χ1) is 11.5. The third-order valence-corrected chi connectivity index (χ3v) is 4.47. The average Bonchev–Trinajstić information content (AvgIpc) is 2.62. The predicted octanol–water partition coefficient (Wildman–Crippen LogP) is 1.33. The zero-order valence-electron chi connectivity index (χ0n) is 14.5. The summed E-state index contributed by atoms with van der Waals surface area (Å²) in [6.07, 6.45) is 3.39. The van der Waals surface area contributed by atoms with Crippen molar-refractivity contribution in [3.05, 3.63) is 23.9 Å². The molecule has 0 bridgehead atoms. The highest BCUT2D eigenvalue weighted by Crippen LogP contribution is 2.17. The summed E-state index contributed by atoms with van der Waals surface area (Å²) in [6, 6.07) is 3.50. The smallest absolute Gasteiger partial charge is 0.314 e. The predicted molar refractivity (Wildman–Crippen MR) is 93.5 cm³/mol. The molecule has 1 aromatic heterocycles. The van der Waals surface area contributed by atoms with Gasteiger partial charge < -0.3 is 20.9 Å². The molecule has 0 radical (unpaired) electrons. The van der Waals surface area contributed by atoms with Crippen LogP contribution >= 0.6 is 0 Å². The van der Waals surface area contributed by atoms with Crippen LogP contribution in [0.1, 0.15) is 32.3 Å². The summed E-state index contributed by atoms with van der Waals surface area (Å²) in [5.41, 5.74) is 6.26. The van der Waals surface area contributed by atoms with Gasteiger partial charge in [-0.1, -0.05) is 6.07 Å². The van der Waals surface area contributed by atoms with E-state index in [2.05, 4.69) is 29.0 Å². The molecule has 2 heterocycles. The topological polar surface area (TPSA) is 91.6 Å². The summed E-state index contributed by atoms with van der Waals surface area (Å²) in [6.45, 7) is 7.50. The number of nitrogens with one attached hydrogen (secondary N) is 1. The molecule has 1 unspecified atom stereocenters. The maximum Gasteiger partial charge on any atom is 0.314 e. The Labute approximate surface area is 143 Å². The molecule has 0 saturated carbocycles. The number of aromatic nitrogens is 1. The van der Waals surface area contributed by atoms with Crippen molar-refractivity contribution in [2.24, 2.45) is 11.7 Å². The number of hydrogen-bond acceptors (Lipinski definition) is 4. The normalized spacial score (nSPS) is 17.4. The Morgan fingerprint density at radius 2 is 2.12 bits per heavy atom. The number of rotatable bonds is 6. The fraction of sp³-hybridized carbons (Fsp3) is 0.588. The van der Waals surface area contributed by atoms with Crippen molar-refractivity contribution < 1.29 is 9.59 Å². The monoisotopic (exact) mass is 333 g/mol. The molecule has 1 atom stereocenters. The summed E-state index contributed by atoms with van der Waals surface area (Å²) in [7, 11) is 0. The Kier molecular flexibility index (Phi) is 6.40. The van der Waals surface area contributed by atoms with Crippen LogP contribution in [0.4, 0.5) is 10.6 Å². The molecule has 0 spiro atoms. The van der Waals surface area contributed by atoms with E-state index >= 15 is 0 Å². The molecule has 1 aliphatic rings. The second-order valence-electron chi connectivity index (χ2n) is 6.04. The summed E-state index contributed by atoms with van der Waals surface area (Å²) < 4.78 is 0. The highest BCUT2D eigenvalue weighted by Gasteiger charge is 2.27. The number of hydrogen-bond donors (Lipinski definition) is 2. The van der Waals surface area contributed by atoms with Gasteiger partial charge in [0.15, 0.2) is 0 Å². The molecular weight excluding hydrogens is 306 g/mol. The lowest BCUT2D eigenvalue weighted by atomic mass is 9.97. The lowest BCUT2D eigenvalue weighted by molar-refractivity contribution is -0.126. The van der Waals surface area contributed by atoms with Crippen LogP contribution in [0.2, 0.25) is 0 Å². The molecule has 0 aliphatic carbocycles. The van der Waals surface area contributed by atoms with E-state index in [0.717, 1.165) is 37.3 Å². The van der Waals surface area contributed by atoms with E-state index in [1.807, 2.05) is 12.1 Å². The maximum absolute atomic E-state index is 12.3. The van der Waals surface area contributed by atoms with Crippen LogP contribution < -0.4 is 16.0 Å². The van der Waals surface area contributed by atoms with Crippen LogP contribution in [-0.2, 0) is 11.3 Å². The van der Waals surface area contributed by atoms with Gasteiger partial charge in [0.1, 0.15) is 5.82 Å². The number of piperidine rings is 1. The van der Waals surface area contributed by atoms with Gasteiger partial charge in [0, 0.05) is 38.9 Å². The quantitative estimate of drug-likeness (QED) is 0.822. The van der Waals surface area contributed by atoms with E-state index < -0.39 is 6.03 Å². The summed E-state index contributed by atoms with van der Waals surface area (Å²) in [5, 5.41) is 2.93. The van der Waals surface area contributed by atoms with Gasteiger partial charge in [0.05, 0.1) is 5.92 Å². The number of amides is 3. The van der Waals surface area contributed by atoms with E-state index in [1.165, 1.54) is 4.90 Å². The van der Waals surface area contributed by atoms with E-state index in [9.17, 15) is 9.59 Å². The third-order valence-electron chi connectivity index (χ3n) is 4.47. The fourth-order valence-corrected chi connectivity index (χ4v) is 2.98. The van der Waals surface area contributed by atoms with Crippen LogP contribution in [0, 0.1) is 5.92 Å². The number of urea groups is 1. The minimum absolute atomic E-state index is 0.0335. The molecule has 3 amide bonds. The lowest BCUT2D eigenvalue weighted by Crippen LogP contribution is -2.47. The highest BCUT2D eigenvalue weighted by molar-refractivity contribution is 5.80. The summed E-state index contributed by atoms with van der Waals surface area (Å²) >= 11 is 0. The van der Waals surface area contributed by atoms with E-state index in [1.54, 1.807) is 6.20 Å². The summed E-state index contributed by atoms with van der Waals surface area (Å²) in [4.78, 5) is 31.7. The Morgan fingerprint density at radius 3 is 2.71 bits per heavy atom. The van der Waals surface area contributed by atoms with Crippen LogP contribution in [0.5, 0.6) is 0 Å². The molecule has 3 N–H and O–H groups in total. The SMILES string of the molecule is CCN(CC)c1ccc(CNC(=O)C2CCCN(C(N)=O)C2)cn1. The molecule has 24 heavy (non-hydrogen) atoms. The Hall–Kier alpha value is -2.31. The molecule has 0 aromatic carbocycles. The number of pyridine rings is 1. The number of nitrogens with two attached hydrogens (primary N) is 1. The first-order valence-corrected chi connectivity index (χ1v) is 8.57. The third kappa shape index (κ3) is 4.59. The van der Waals surface area contributed by atoms with Crippen molar-refractivity contribution in [2.45, 2.75) is 33.2 Å². The minimum Gasteiger partial charge on any atom is -0.357 e. The van der Waals surface area contributed by atoms with Crippen molar-refractivity contribution in [1.82, 2.24) is 15.2 Å². The molecule has 1 aromatic rings. The first kappa shape index (κ1) is 18.0. The molecular formula is C17H27N5O2. The van der Waals surface area contributed by atoms with Crippen molar-refractivity contribution in [3.63, 3.8) is 0 Å². The number of carbonyl (C=O) groups is 2. The van der Waals surface area contributed by atoms with Crippen LogP contribution in [0.3, 0.4) is 0 Å². The first-order valence-electron chi connectivity index (χ1n) is 8.57. The van der Waals surface area contributed by atoms with Gasteiger partial charge in [-0.15, -0.1) is 0 Å². The van der Waals surface area contributed by atoms with Crippen LogP contribution in [0.25, 0.3) is 0 Å². The average molecular weight is 333 g/mol. The highest BCUT2D eigenvalue weighted by atomic mass is 16.2. The van der Waals surface area contributed by atoms with Crippen molar-refractivity contribution in [2.75, 3.05) is 31.1 Å². The zero-order valence-corrected chi connectivity index (χ0v) is 14.5. The molecule has 1 aliphatic heterocycles. The second-order valence-corrected chi connectivity index (χ2v) is 6.04. The Morgan fingerprint density at radius 1 is 1.38 bits per heavy atom. The van der Waals surface area contributed by atoms with Gasteiger partial charge in [0.2, 0.25) is 5.91 Å². The lowest BCUT2D eigenvalue weighted by Gasteiger charge is -2.30. The van der Waals surface area contributed by atoms with E-state index in [-0.39, 0.29) is 11.8 Å². The van der Waals surface area contributed by atoms with Gasteiger partial charge in [0.25, 0.3) is 0 Å². The van der Waals surface area contributed by atoms with E-state index in [4.69, 9.17) is 5.73 Å². The fourth-order valence-electron chi connectivity index (χ4n) is 2.98. The van der Waals surface area contributed by atoms with Crippen molar-refractivity contribution >= 4 is 17.8 Å². The van der Waals surface area contributed by atoms with Gasteiger partial charge in [-0.3, -0.25) is 4.79 Å². The maximum atomic E-state index is 12.3. The molecule has 132 valence electrons. The largest absolute Gasteiger partial charge is 0.357 e. The number of anilines is 1. The Balaban J connectivity index is 1.86. The van der Waals surface area contributed by atoms with E-state index in [0.29, 0.717) is 19.6 Å². The second kappa shape index (κ2) is 8.52. The van der Waals surface area contributed by atoms with Crippen LogP contribution in [-0.4, -0.2) is 48.0 Å². The molecule has 1 fully saturated rings. The number of primary amides is 1. The number of carbonyl (C=O) groups excluding carboxylic acids is 2. The van der Waals surface area contributed by atoms with Gasteiger partial charge in [-0.05, 0) is 38.3 Å².